The van der Waals surface area contributed by atoms with Crippen molar-refractivity contribution in [1.82, 2.24) is 0 Å². The lowest BCUT2D eigenvalue weighted by Crippen LogP contribution is -2.34. The molecule has 0 atom stereocenters. The Hall–Kier alpha value is -1.47. The molecular formula is C15H26N2O4S. The van der Waals surface area contributed by atoms with E-state index in [9.17, 15) is 4.79 Å². The smallest absolute Gasteiger partial charge is 0.254 e. The maximum absolute atomic E-state index is 11.0. The number of aryl methyl sites for hydroxylation is 1. The summed E-state index contributed by atoms with van der Waals surface area (Å²) in [6, 6.07) is 3.62. The lowest BCUT2D eigenvalue weighted by atomic mass is 10.1. The minimum Gasteiger partial charge on any atom is -0.748 e. The molecule has 1 amide bonds. The van der Waals surface area contributed by atoms with Gasteiger partial charge in [0, 0.05) is 18.7 Å². The number of primary amides is 1. The molecule has 6 nitrogen and oxygen atoms in total. The second kappa shape index (κ2) is 11.1. The number of aromatic nitrogens is 1. The standard InChI is InChI=1S/C14H22N2O.CH4O3S/c1-2-3-4-5-6-7-10-16-11-8-9-13(12-16)14(15)17;1-5(2,3)4/h8-9,11-12H,2-7,10H2,1H3,(H-,15,17);1H3,(H,2,3,4). The van der Waals surface area contributed by atoms with Crippen molar-refractivity contribution in [3.8, 4) is 0 Å². The third kappa shape index (κ3) is 13.5. The highest BCUT2D eigenvalue weighted by atomic mass is 32.2. The second-order valence-corrected chi connectivity index (χ2v) is 6.57. The Morgan fingerprint density at radius 2 is 1.77 bits per heavy atom. The molecule has 0 fully saturated rings. The molecule has 0 aliphatic rings. The van der Waals surface area contributed by atoms with Gasteiger partial charge in [0.2, 0.25) is 0 Å². The van der Waals surface area contributed by atoms with Crippen LogP contribution in [-0.2, 0) is 16.7 Å². The van der Waals surface area contributed by atoms with Crippen LogP contribution in [0.4, 0.5) is 0 Å². The Balaban J connectivity index is 0.000000763. The molecule has 0 radical (unpaired) electrons. The van der Waals surface area contributed by atoms with E-state index < -0.39 is 10.1 Å². The number of rotatable bonds is 8. The maximum atomic E-state index is 11.0. The first-order valence-electron chi connectivity index (χ1n) is 7.43. The lowest BCUT2D eigenvalue weighted by Gasteiger charge is -1.99. The van der Waals surface area contributed by atoms with Crippen LogP contribution >= 0.6 is 0 Å². The minimum absolute atomic E-state index is 0.359. The van der Waals surface area contributed by atoms with E-state index in [0.717, 1.165) is 13.0 Å². The van der Waals surface area contributed by atoms with E-state index in [2.05, 4.69) is 6.92 Å². The first kappa shape index (κ1) is 20.5. The van der Waals surface area contributed by atoms with E-state index in [0.29, 0.717) is 11.8 Å². The number of amides is 1. The summed E-state index contributed by atoms with van der Waals surface area (Å²) in [5, 5.41) is 0. The molecular weight excluding hydrogens is 304 g/mol. The zero-order valence-electron chi connectivity index (χ0n) is 13.3. The zero-order chi connectivity index (χ0) is 17.0. The van der Waals surface area contributed by atoms with Gasteiger partial charge in [-0.25, -0.2) is 13.0 Å². The Kier molecular flexibility index (Phi) is 10.4. The van der Waals surface area contributed by atoms with Crippen LogP contribution in [0.15, 0.2) is 24.5 Å². The zero-order valence-corrected chi connectivity index (χ0v) is 14.1. The van der Waals surface area contributed by atoms with E-state index in [-0.39, 0.29) is 5.91 Å². The molecule has 1 rings (SSSR count). The highest BCUT2D eigenvalue weighted by Gasteiger charge is 2.06. The third-order valence-corrected chi connectivity index (χ3v) is 2.91. The van der Waals surface area contributed by atoms with Gasteiger partial charge in [0.05, 0.1) is 10.1 Å². The van der Waals surface area contributed by atoms with E-state index in [1.54, 1.807) is 6.07 Å². The minimum atomic E-state index is -3.92. The fourth-order valence-corrected chi connectivity index (χ4v) is 1.88. The van der Waals surface area contributed by atoms with Crippen LogP contribution in [0, 0.1) is 0 Å². The van der Waals surface area contributed by atoms with Crippen molar-refractivity contribution in [1.29, 1.82) is 0 Å². The van der Waals surface area contributed by atoms with Crippen molar-refractivity contribution >= 4 is 16.0 Å². The van der Waals surface area contributed by atoms with E-state index in [1.807, 2.05) is 23.0 Å². The SMILES string of the molecule is CCCCCCCC[n+]1cccc(C(N)=O)c1.CS(=O)(=O)[O-]. The van der Waals surface area contributed by atoms with Crippen molar-refractivity contribution in [2.75, 3.05) is 6.26 Å². The van der Waals surface area contributed by atoms with Crippen LogP contribution in [-0.4, -0.2) is 25.1 Å². The van der Waals surface area contributed by atoms with Crippen LogP contribution < -0.4 is 10.3 Å². The molecule has 2 N–H and O–H groups in total. The van der Waals surface area contributed by atoms with Crippen LogP contribution in [0.2, 0.25) is 0 Å². The summed E-state index contributed by atoms with van der Waals surface area (Å²) in [5.41, 5.74) is 5.82. The molecule has 1 aromatic heterocycles. The fourth-order valence-electron chi connectivity index (χ4n) is 1.88. The first-order chi connectivity index (χ1) is 10.2. The van der Waals surface area contributed by atoms with Crippen LogP contribution in [0.25, 0.3) is 0 Å². The highest BCUT2D eigenvalue weighted by molar-refractivity contribution is 7.84. The Labute approximate surface area is 133 Å². The average molecular weight is 330 g/mol. The fraction of sp³-hybridized carbons (Fsp3) is 0.600. The van der Waals surface area contributed by atoms with Gasteiger partial charge in [-0.05, 0) is 12.5 Å². The van der Waals surface area contributed by atoms with Crippen molar-refractivity contribution in [2.24, 2.45) is 5.73 Å². The molecule has 1 heterocycles. The predicted octanol–water partition coefficient (Wildman–Crippen LogP) is 1.59. The van der Waals surface area contributed by atoms with Crippen LogP contribution in [0.3, 0.4) is 0 Å². The molecule has 0 bridgehead atoms. The monoisotopic (exact) mass is 330 g/mol. The van der Waals surface area contributed by atoms with Crippen LogP contribution in [0.1, 0.15) is 55.8 Å². The molecule has 22 heavy (non-hydrogen) atoms. The lowest BCUT2D eigenvalue weighted by molar-refractivity contribution is -0.697. The molecule has 0 unspecified atom stereocenters. The van der Waals surface area contributed by atoms with Gasteiger partial charge >= 0.3 is 0 Å². The normalized spacial score (nSPS) is 10.7. The van der Waals surface area contributed by atoms with Crippen molar-refractivity contribution in [3.05, 3.63) is 30.1 Å². The summed E-state index contributed by atoms with van der Waals surface area (Å²) in [5.74, 6) is -0.359. The quantitative estimate of drug-likeness (QED) is 0.444. The maximum Gasteiger partial charge on any atom is 0.254 e. The predicted molar refractivity (Wildman–Crippen MR) is 84.2 cm³/mol. The summed E-state index contributed by atoms with van der Waals surface area (Å²) in [6.45, 7) is 3.19. The molecule has 0 aromatic carbocycles. The molecule has 0 spiro atoms. The van der Waals surface area contributed by atoms with Gasteiger partial charge in [-0.2, -0.15) is 0 Å². The summed E-state index contributed by atoms with van der Waals surface area (Å²) in [4.78, 5) is 11.0. The Morgan fingerprint density at radius 3 is 2.32 bits per heavy atom. The molecule has 0 aliphatic carbocycles. The van der Waals surface area contributed by atoms with Crippen molar-refractivity contribution in [3.63, 3.8) is 0 Å². The summed E-state index contributed by atoms with van der Waals surface area (Å²) in [6.07, 6.45) is 12.1. The van der Waals surface area contributed by atoms with Gasteiger partial charge in [-0.3, -0.25) is 4.79 Å². The number of nitrogens with two attached hydrogens (primary N) is 1. The van der Waals surface area contributed by atoms with E-state index in [1.165, 1.54) is 32.1 Å². The van der Waals surface area contributed by atoms with Gasteiger partial charge in [0.1, 0.15) is 12.1 Å². The number of pyridine rings is 1. The molecule has 0 aliphatic heterocycles. The van der Waals surface area contributed by atoms with E-state index in [4.69, 9.17) is 18.7 Å². The van der Waals surface area contributed by atoms with E-state index >= 15 is 0 Å². The largest absolute Gasteiger partial charge is 0.748 e. The molecule has 126 valence electrons. The Bertz CT molecular complexity index is 536. The number of carbonyl (C=O) groups excluding carboxylic acids is 1. The van der Waals surface area contributed by atoms with Crippen LogP contribution in [0.5, 0.6) is 0 Å². The number of hydrogen-bond donors (Lipinski definition) is 1. The number of unbranched alkanes of at least 4 members (excludes halogenated alkanes) is 5. The summed E-state index contributed by atoms with van der Waals surface area (Å²) in [7, 11) is -3.92. The van der Waals surface area contributed by atoms with Gasteiger partial charge in [0.25, 0.3) is 5.91 Å². The van der Waals surface area contributed by atoms with Gasteiger partial charge in [-0.1, -0.05) is 32.6 Å². The topological polar surface area (TPSA) is 104 Å². The summed E-state index contributed by atoms with van der Waals surface area (Å²) < 4.78 is 29.3. The Morgan fingerprint density at radius 1 is 1.23 bits per heavy atom. The molecule has 1 aromatic rings. The number of nitrogens with zero attached hydrogens (tertiary/aromatic N) is 1. The van der Waals surface area contributed by atoms with Gasteiger partial charge < -0.3 is 10.3 Å². The summed E-state index contributed by atoms with van der Waals surface area (Å²) >= 11 is 0. The number of carbonyl (C=O) groups is 1. The molecule has 0 saturated heterocycles. The van der Waals surface area contributed by atoms with Crippen molar-refractivity contribution in [2.45, 2.75) is 52.0 Å². The molecule has 7 heteroatoms. The third-order valence-electron chi connectivity index (χ3n) is 2.91. The number of hydrogen-bond acceptors (Lipinski definition) is 4. The van der Waals surface area contributed by atoms with Gasteiger partial charge in [0.15, 0.2) is 12.4 Å². The van der Waals surface area contributed by atoms with Gasteiger partial charge in [-0.15, -0.1) is 0 Å². The average Bonchev–Trinajstić information content (AvgIpc) is 2.41. The highest BCUT2D eigenvalue weighted by Crippen LogP contribution is 2.04. The second-order valence-electron chi connectivity index (χ2n) is 5.17. The molecule has 0 saturated carbocycles. The first-order valence-corrected chi connectivity index (χ1v) is 9.25. The van der Waals surface area contributed by atoms with Crippen molar-refractivity contribution < 1.29 is 22.3 Å².